The molecule has 2 aliphatic heterocycles. The number of carboxylic acid groups (broad SMARTS) is 1. The Morgan fingerprint density at radius 2 is 2.17 bits per heavy atom. The highest BCUT2D eigenvalue weighted by molar-refractivity contribution is 8.26. The van der Waals surface area contributed by atoms with Gasteiger partial charge in [-0.05, 0) is 54.4 Å². The maximum Gasteiger partial charge on any atom is 0.283 e. The van der Waals surface area contributed by atoms with E-state index in [1.807, 2.05) is 6.92 Å². The number of fused-ring (bicyclic) bond motifs is 1. The maximum absolute atomic E-state index is 12.4. The number of carboxylic acids is 1. The summed E-state index contributed by atoms with van der Waals surface area (Å²) < 4.78 is 5.73. The van der Waals surface area contributed by atoms with Gasteiger partial charge in [-0.3, -0.25) is 10.2 Å². The number of aromatic carboxylic acids is 1. The van der Waals surface area contributed by atoms with E-state index in [-0.39, 0.29) is 17.0 Å². The number of rotatable bonds is 5. The standard InChI is InChI=1S/C20H16N4O4S/c1-2-4-16-23-24-17(21)14(18(25)22-20(24)29-16)10-13-7-8-15(28-13)11-5-3-6-12(9-11)19(26)27/h3,5-10,21H,2,4H2,1H3,(H,26,27)/p-1. The number of carbonyl (C=O) groups excluding carboxylic acids is 2. The Morgan fingerprint density at radius 3 is 2.93 bits per heavy atom. The summed E-state index contributed by atoms with van der Waals surface area (Å²) in [6, 6.07) is 9.48. The number of hydrogen-bond donors (Lipinski definition) is 1. The van der Waals surface area contributed by atoms with Gasteiger partial charge in [-0.1, -0.05) is 25.1 Å². The molecule has 0 atom stereocenters. The summed E-state index contributed by atoms with van der Waals surface area (Å²) >= 11 is 1.30. The van der Waals surface area contributed by atoms with Gasteiger partial charge in [0.2, 0.25) is 5.17 Å². The summed E-state index contributed by atoms with van der Waals surface area (Å²) in [6.45, 7) is 2.03. The number of amides is 1. The van der Waals surface area contributed by atoms with Crippen LogP contribution >= 0.6 is 11.8 Å². The van der Waals surface area contributed by atoms with Crippen LogP contribution in [0.2, 0.25) is 0 Å². The average molecular weight is 407 g/mol. The lowest BCUT2D eigenvalue weighted by Gasteiger charge is -2.19. The first-order chi connectivity index (χ1) is 14.0. The number of amidine groups is 2. The van der Waals surface area contributed by atoms with Crippen molar-refractivity contribution in [2.24, 2.45) is 10.1 Å². The second-order valence-corrected chi connectivity index (χ2v) is 7.37. The molecule has 3 heterocycles. The van der Waals surface area contributed by atoms with Crippen LogP contribution in [-0.2, 0) is 4.79 Å². The number of hydrazone groups is 1. The Kier molecular flexibility index (Phi) is 4.89. The van der Waals surface area contributed by atoms with E-state index in [4.69, 9.17) is 9.83 Å². The first-order valence-corrected chi connectivity index (χ1v) is 9.68. The molecule has 2 aliphatic rings. The average Bonchev–Trinajstić information content (AvgIpc) is 3.32. The molecule has 146 valence electrons. The second kappa shape index (κ2) is 7.51. The number of aliphatic imine (C=N–C) groups is 1. The van der Waals surface area contributed by atoms with Gasteiger partial charge >= 0.3 is 0 Å². The molecule has 8 nitrogen and oxygen atoms in total. The highest BCUT2D eigenvalue weighted by Gasteiger charge is 2.35. The van der Waals surface area contributed by atoms with E-state index in [0.717, 1.165) is 17.9 Å². The molecule has 1 amide bonds. The number of furan rings is 1. The molecule has 29 heavy (non-hydrogen) atoms. The molecule has 4 rings (SSSR count). The Hall–Kier alpha value is -3.46. The molecule has 0 unspecified atom stereocenters. The quantitative estimate of drug-likeness (QED) is 0.761. The van der Waals surface area contributed by atoms with Crippen LogP contribution in [0.1, 0.15) is 35.9 Å². The normalized spacial score (nSPS) is 17.4. The van der Waals surface area contributed by atoms with Crippen molar-refractivity contribution in [3.63, 3.8) is 0 Å². The largest absolute Gasteiger partial charge is 0.545 e. The molecular formula is C20H15N4O4S-. The van der Waals surface area contributed by atoms with E-state index in [1.165, 1.54) is 35.0 Å². The van der Waals surface area contributed by atoms with E-state index in [0.29, 0.717) is 22.3 Å². The summed E-state index contributed by atoms with van der Waals surface area (Å²) in [5, 5.41) is 26.3. The number of nitrogens with one attached hydrogen (secondary N) is 1. The van der Waals surface area contributed by atoms with Crippen LogP contribution in [-0.4, -0.2) is 32.9 Å². The highest BCUT2D eigenvalue weighted by atomic mass is 32.2. The van der Waals surface area contributed by atoms with Crippen molar-refractivity contribution >= 4 is 45.8 Å². The number of thioether (sulfide) groups is 1. The Labute approximate surface area is 170 Å². The summed E-state index contributed by atoms with van der Waals surface area (Å²) in [6.07, 6.45) is 3.10. The van der Waals surface area contributed by atoms with Crippen LogP contribution in [0.3, 0.4) is 0 Å². The lowest BCUT2D eigenvalue weighted by molar-refractivity contribution is -0.255. The number of carbonyl (C=O) groups is 2. The minimum absolute atomic E-state index is 0.0391. The molecule has 1 N–H and O–H groups in total. The third kappa shape index (κ3) is 3.64. The predicted molar refractivity (Wildman–Crippen MR) is 108 cm³/mol. The molecule has 9 heteroatoms. The van der Waals surface area contributed by atoms with E-state index in [1.54, 1.807) is 24.3 Å². The summed E-state index contributed by atoms with van der Waals surface area (Å²) in [5.74, 6) is -1.09. The smallest absolute Gasteiger partial charge is 0.283 e. The van der Waals surface area contributed by atoms with Crippen molar-refractivity contribution in [2.75, 3.05) is 0 Å². The van der Waals surface area contributed by atoms with Crippen LogP contribution < -0.4 is 5.11 Å². The van der Waals surface area contributed by atoms with Crippen LogP contribution in [0, 0.1) is 5.41 Å². The number of benzene rings is 1. The van der Waals surface area contributed by atoms with Crippen molar-refractivity contribution in [3.05, 3.63) is 53.3 Å². The molecule has 2 aromatic rings. The first-order valence-electron chi connectivity index (χ1n) is 8.87. The maximum atomic E-state index is 12.4. The van der Waals surface area contributed by atoms with Gasteiger partial charge in [-0.25, -0.2) is 0 Å². The Bertz CT molecular complexity index is 1130. The summed E-state index contributed by atoms with van der Waals surface area (Å²) in [7, 11) is 0. The Balaban J connectivity index is 1.62. The molecule has 0 aliphatic carbocycles. The Morgan fingerprint density at radius 1 is 1.34 bits per heavy atom. The van der Waals surface area contributed by atoms with E-state index < -0.39 is 11.9 Å². The van der Waals surface area contributed by atoms with E-state index in [9.17, 15) is 14.7 Å². The molecule has 0 bridgehead atoms. The second-order valence-electron chi connectivity index (χ2n) is 6.33. The fourth-order valence-electron chi connectivity index (χ4n) is 2.87. The number of hydrogen-bond acceptors (Lipinski definition) is 7. The van der Waals surface area contributed by atoms with Crippen molar-refractivity contribution in [1.82, 2.24) is 5.01 Å². The van der Waals surface area contributed by atoms with Gasteiger partial charge in [0, 0.05) is 5.56 Å². The van der Waals surface area contributed by atoms with Crippen LogP contribution in [0.15, 0.2) is 56.5 Å². The van der Waals surface area contributed by atoms with Crippen LogP contribution in [0.5, 0.6) is 0 Å². The molecule has 1 aromatic heterocycles. The zero-order chi connectivity index (χ0) is 20.5. The van der Waals surface area contributed by atoms with Gasteiger partial charge < -0.3 is 14.3 Å². The van der Waals surface area contributed by atoms with Crippen LogP contribution in [0.4, 0.5) is 0 Å². The molecule has 0 fully saturated rings. The fraction of sp³-hybridized carbons (Fsp3) is 0.150. The molecule has 1 aromatic carbocycles. The topological polar surface area (TPSA) is 122 Å². The summed E-state index contributed by atoms with van der Waals surface area (Å²) in [4.78, 5) is 27.5. The van der Waals surface area contributed by atoms with Gasteiger partial charge in [-0.15, -0.1) is 0 Å². The minimum Gasteiger partial charge on any atom is -0.545 e. The molecule has 0 radical (unpaired) electrons. The van der Waals surface area contributed by atoms with Crippen molar-refractivity contribution in [1.29, 1.82) is 5.41 Å². The highest BCUT2D eigenvalue weighted by Crippen LogP contribution is 2.30. The third-order valence-corrected chi connectivity index (χ3v) is 5.22. The van der Waals surface area contributed by atoms with Gasteiger partial charge in [-0.2, -0.15) is 15.1 Å². The SMILES string of the molecule is CCCC1=NN2C(=N)C(=Cc3ccc(-c4cccc(C(=O)[O-])c4)o3)C(=O)N=C2S1. The third-order valence-electron chi connectivity index (χ3n) is 4.26. The fourth-order valence-corrected chi connectivity index (χ4v) is 3.86. The molecule has 0 spiro atoms. The monoisotopic (exact) mass is 407 g/mol. The van der Waals surface area contributed by atoms with Gasteiger partial charge in [0.25, 0.3) is 5.91 Å². The molecule has 0 saturated heterocycles. The minimum atomic E-state index is -1.28. The van der Waals surface area contributed by atoms with Crippen molar-refractivity contribution in [2.45, 2.75) is 19.8 Å². The lowest BCUT2D eigenvalue weighted by atomic mass is 10.1. The molecule has 0 saturated carbocycles. The van der Waals surface area contributed by atoms with E-state index in [2.05, 4.69) is 10.1 Å². The summed E-state index contributed by atoms with van der Waals surface area (Å²) in [5.41, 5.74) is 0.670. The van der Waals surface area contributed by atoms with Gasteiger partial charge in [0.05, 0.1) is 11.5 Å². The lowest BCUT2D eigenvalue weighted by Crippen LogP contribution is -2.35. The zero-order valence-electron chi connectivity index (χ0n) is 15.3. The first kappa shape index (κ1) is 18.9. The van der Waals surface area contributed by atoms with Crippen molar-refractivity contribution in [3.8, 4) is 11.3 Å². The zero-order valence-corrected chi connectivity index (χ0v) is 16.2. The number of nitrogens with zero attached hydrogens (tertiary/aromatic N) is 3. The van der Waals surface area contributed by atoms with Crippen molar-refractivity contribution < 1.29 is 19.1 Å². The van der Waals surface area contributed by atoms with Gasteiger partial charge in [0.15, 0.2) is 5.84 Å². The molecular weight excluding hydrogens is 392 g/mol. The van der Waals surface area contributed by atoms with E-state index >= 15 is 0 Å². The van der Waals surface area contributed by atoms with Gasteiger partial charge in [0.1, 0.15) is 16.6 Å². The van der Waals surface area contributed by atoms with Crippen LogP contribution in [0.25, 0.3) is 17.4 Å². The predicted octanol–water partition coefficient (Wildman–Crippen LogP) is 2.73.